The lowest BCUT2D eigenvalue weighted by Crippen LogP contribution is -2.05. The van der Waals surface area contributed by atoms with Crippen LogP contribution in [0.5, 0.6) is 0 Å². The average Bonchev–Trinajstić information content (AvgIpc) is 3.72. The maximum Gasteiger partial charge on any atom is 0.0654 e. The molecule has 0 aliphatic heterocycles. The van der Waals surface area contributed by atoms with E-state index in [0.717, 1.165) is 0 Å². The van der Waals surface area contributed by atoms with Gasteiger partial charge < -0.3 is 0 Å². The second kappa shape index (κ2) is 11.0. The first-order chi connectivity index (χ1) is 25.3. The number of allylic oxidation sites excluding steroid dienone is 1. The zero-order chi connectivity index (χ0) is 33.5. The van der Waals surface area contributed by atoms with E-state index < -0.39 is 0 Å². The van der Waals surface area contributed by atoms with Crippen LogP contribution in [0.25, 0.3) is 76.8 Å². The van der Waals surface area contributed by atoms with Gasteiger partial charge in [-0.05, 0) is 111 Å². The lowest BCUT2D eigenvalue weighted by Gasteiger charge is -2.22. The van der Waals surface area contributed by atoms with Crippen molar-refractivity contribution in [3.05, 3.63) is 222 Å². The van der Waals surface area contributed by atoms with Gasteiger partial charge in [0.2, 0.25) is 0 Å². The molecular weight excluding hydrogens is 613 g/mol. The monoisotopic (exact) mass is 643 g/mol. The summed E-state index contributed by atoms with van der Waals surface area (Å²) in [5.41, 5.74) is 16.6. The van der Waals surface area contributed by atoms with Crippen LogP contribution in [0.1, 0.15) is 27.8 Å². The number of hydrogen-bond donors (Lipinski definition) is 0. The largest absolute Gasteiger partial charge is 0.0654 e. The average molecular weight is 644 g/mol. The highest BCUT2D eigenvalue weighted by molar-refractivity contribution is 6.25. The first kappa shape index (κ1) is 28.3. The van der Waals surface area contributed by atoms with Gasteiger partial charge in [0, 0.05) is 0 Å². The Balaban J connectivity index is 1.14. The predicted octanol–water partition coefficient (Wildman–Crippen LogP) is 13.4. The molecule has 0 aromatic heterocycles. The lowest BCUT2D eigenvalue weighted by atomic mass is 9.79. The smallest absolute Gasteiger partial charge is 0.0619 e. The SMILES string of the molecule is c1ccc2c(c1)[C](C(=C1c3ccccc3-c3ccccc31)c1ccc(-c3ccc4c5ccccc5c5ccccc5c4c3)cc1)c1ccccc1-2. The van der Waals surface area contributed by atoms with Gasteiger partial charge in [-0.15, -0.1) is 0 Å². The Morgan fingerprint density at radius 3 is 1.10 bits per heavy atom. The number of fused-ring (bicyclic) bond motifs is 12. The fourth-order valence-corrected chi connectivity index (χ4v) is 8.90. The zero-order valence-corrected chi connectivity index (χ0v) is 27.9. The molecule has 235 valence electrons. The van der Waals surface area contributed by atoms with Crippen molar-refractivity contribution < 1.29 is 0 Å². The Morgan fingerprint density at radius 1 is 0.255 bits per heavy atom. The Bertz CT molecular complexity index is 2770. The molecule has 2 aliphatic rings. The quantitative estimate of drug-likeness (QED) is 0.168. The van der Waals surface area contributed by atoms with Crippen LogP contribution in [0.3, 0.4) is 0 Å². The summed E-state index contributed by atoms with van der Waals surface area (Å²) in [6.07, 6.45) is 0. The second-order valence-corrected chi connectivity index (χ2v) is 13.7. The molecule has 0 heterocycles. The van der Waals surface area contributed by atoms with E-state index in [2.05, 4.69) is 188 Å². The molecule has 0 spiro atoms. The summed E-state index contributed by atoms with van der Waals surface area (Å²) in [5, 5.41) is 7.80. The van der Waals surface area contributed by atoms with Crippen molar-refractivity contribution in [2.45, 2.75) is 0 Å². The minimum atomic E-state index is 1.21. The van der Waals surface area contributed by atoms with E-state index in [-0.39, 0.29) is 0 Å². The molecule has 9 aromatic carbocycles. The third-order valence-electron chi connectivity index (χ3n) is 11.1. The summed E-state index contributed by atoms with van der Waals surface area (Å²) in [6, 6.07) is 69.6. The van der Waals surface area contributed by atoms with E-state index in [4.69, 9.17) is 0 Å². The second-order valence-electron chi connectivity index (χ2n) is 13.7. The van der Waals surface area contributed by atoms with Crippen LogP contribution in [0.2, 0.25) is 0 Å². The Morgan fingerprint density at radius 2 is 0.608 bits per heavy atom. The van der Waals surface area contributed by atoms with Gasteiger partial charge in [0.05, 0.1) is 5.92 Å². The van der Waals surface area contributed by atoms with E-state index >= 15 is 0 Å². The predicted molar refractivity (Wildman–Crippen MR) is 216 cm³/mol. The first-order valence-electron chi connectivity index (χ1n) is 17.8. The highest BCUT2D eigenvalue weighted by Crippen LogP contribution is 2.56. The zero-order valence-electron chi connectivity index (χ0n) is 27.9. The van der Waals surface area contributed by atoms with Crippen molar-refractivity contribution in [3.8, 4) is 33.4 Å². The summed E-state index contributed by atoms with van der Waals surface area (Å²) in [7, 11) is 0. The summed E-state index contributed by atoms with van der Waals surface area (Å²) >= 11 is 0. The molecule has 9 aromatic rings. The highest BCUT2D eigenvalue weighted by atomic mass is 14.4. The summed E-state index contributed by atoms with van der Waals surface area (Å²) in [5.74, 6) is 1.31. The van der Waals surface area contributed by atoms with E-state index in [1.54, 1.807) is 0 Å². The molecule has 0 heteroatoms. The third kappa shape index (κ3) is 4.14. The van der Waals surface area contributed by atoms with E-state index in [1.165, 1.54) is 111 Å². The van der Waals surface area contributed by atoms with Crippen LogP contribution in [0.15, 0.2) is 188 Å². The molecule has 0 unspecified atom stereocenters. The van der Waals surface area contributed by atoms with Crippen molar-refractivity contribution in [1.82, 2.24) is 0 Å². The van der Waals surface area contributed by atoms with Crippen molar-refractivity contribution in [3.63, 3.8) is 0 Å². The molecule has 51 heavy (non-hydrogen) atoms. The Kier molecular flexibility index (Phi) is 6.12. The molecule has 0 nitrogen and oxygen atoms in total. The Labute approximate surface area is 297 Å². The molecular formula is C51H31. The summed E-state index contributed by atoms with van der Waals surface area (Å²) in [6.45, 7) is 0. The molecule has 1 radical (unpaired) electrons. The standard InChI is InChI=1S/C51H31/c1-2-15-37-35(13-1)36-14-3-4-20-42(36)48-31-34(29-30-43(37)48)32-25-27-33(28-26-32)49(50-44-21-9-5-16-38(44)39-17-6-10-22-45(39)50)51-46-23-11-7-18-40(46)41-19-8-12-24-47(41)51/h1-31H. The maximum absolute atomic E-state index is 2.39. The highest BCUT2D eigenvalue weighted by Gasteiger charge is 2.36. The van der Waals surface area contributed by atoms with Crippen LogP contribution in [-0.2, 0) is 0 Å². The van der Waals surface area contributed by atoms with Gasteiger partial charge >= 0.3 is 0 Å². The number of benzene rings is 9. The summed E-state index contributed by atoms with van der Waals surface area (Å²) in [4.78, 5) is 0. The maximum atomic E-state index is 2.39. The van der Waals surface area contributed by atoms with E-state index in [1.807, 2.05) is 0 Å². The van der Waals surface area contributed by atoms with Crippen LogP contribution < -0.4 is 0 Å². The molecule has 0 N–H and O–H groups in total. The molecule has 0 amide bonds. The van der Waals surface area contributed by atoms with Gasteiger partial charge in [-0.25, -0.2) is 0 Å². The topological polar surface area (TPSA) is 0 Å². The molecule has 0 saturated heterocycles. The van der Waals surface area contributed by atoms with Crippen LogP contribution in [-0.4, -0.2) is 0 Å². The van der Waals surface area contributed by atoms with Crippen molar-refractivity contribution in [2.24, 2.45) is 0 Å². The Hall–Kier alpha value is -6.50. The molecule has 0 bridgehead atoms. The molecule has 2 aliphatic carbocycles. The van der Waals surface area contributed by atoms with Crippen molar-refractivity contribution >= 4 is 43.5 Å². The number of rotatable bonds is 3. The van der Waals surface area contributed by atoms with Gasteiger partial charge in [0.1, 0.15) is 0 Å². The van der Waals surface area contributed by atoms with Gasteiger partial charge in [0.25, 0.3) is 0 Å². The fraction of sp³-hybridized carbons (Fsp3) is 0. The molecule has 0 saturated carbocycles. The van der Waals surface area contributed by atoms with Gasteiger partial charge in [-0.3, -0.25) is 0 Å². The first-order valence-corrected chi connectivity index (χ1v) is 17.8. The van der Waals surface area contributed by atoms with E-state index in [9.17, 15) is 0 Å². The molecule has 0 fully saturated rings. The fourth-order valence-electron chi connectivity index (χ4n) is 8.90. The van der Waals surface area contributed by atoms with Crippen molar-refractivity contribution in [1.29, 1.82) is 0 Å². The summed E-state index contributed by atoms with van der Waals surface area (Å²) < 4.78 is 0. The molecule has 11 rings (SSSR count). The minimum Gasteiger partial charge on any atom is -0.0619 e. The van der Waals surface area contributed by atoms with Crippen molar-refractivity contribution in [2.75, 3.05) is 0 Å². The third-order valence-corrected chi connectivity index (χ3v) is 11.1. The van der Waals surface area contributed by atoms with Gasteiger partial charge in [-0.2, -0.15) is 0 Å². The normalized spacial score (nSPS) is 13.0. The lowest BCUT2D eigenvalue weighted by molar-refractivity contribution is 1.36. The molecule has 0 atom stereocenters. The van der Waals surface area contributed by atoms with Gasteiger partial charge in [0.15, 0.2) is 0 Å². The number of hydrogen-bond acceptors (Lipinski definition) is 0. The van der Waals surface area contributed by atoms with Crippen LogP contribution in [0.4, 0.5) is 0 Å². The minimum absolute atomic E-state index is 1.21. The van der Waals surface area contributed by atoms with Crippen LogP contribution in [0, 0.1) is 5.92 Å². The van der Waals surface area contributed by atoms with Crippen LogP contribution >= 0.6 is 0 Å². The van der Waals surface area contributed by atoms with Gasteiger partial charge in [-0.1, -0.05) is 182 Å². The van der Waals surface area contributed by atoms with E-state index in [0.29, 0.717) is 0 Å².